The van der Waals surface area contributed by atoms with Crippen LogP contribution in [0, 0.1) is 23.5 Å². The lowest BCUT2D eigenvalue weighted by Gasteiger charge is -1.91. The Morgan fingerprint density at radius 2 is 1.64 bits per heavy atom. The van der Waals surface area contributed by atoms with E-state index in [1.165, 1.54) is 12.1 Å². The molecule has 0 radical (unpaired) electrons. The molecule has 0 N–H and O–H groups in total. The fourth-order valence-electron chi connectivity index (χ4n) is 0.770. The lowest BCUT2D eigenvalue weighted by molar-refractivity contribution is 0.582. The van der Waals surface area contributed by atoms with Crippen molar-refractivity contribution in [2.24, 2.45) is 0 Å². The maximum absolute atomic E-state index is 12.4. The number of hydrogen-bond acceptors (Lipinski definition) is 0. The molecule has 0 unspecified atom stereocenters. The van der Waals surface area contributed by atoms with E-state index in [1.54, 1.807) is 6.92 Å². The molecule has 0 bridgehead atoms. The molecule has 0 aliphatic carbocycles. The van der Waals surface area contributed by atoms with Gasteiger partial charge < -0.3 is 0 Å². The first-order valence-corrected chi connectivity index (χ1v) is 3.11. The van der Waals surface area contributed by atoms with Crippen LogP contribution in [-0.2, 0) is 0 Å². The molecule has 1 aromatic carbocycles. The molecule has 1 aromatic rings. The average molecular weight is 152 g/mol. The second kappa shape index (κ2) is 3.16. The van der Waals surface area contributed by atoms with Crippen LogP contribution >= 0.6 is 0 Å². The summed E-state index contributed by atoms with van der Waals surface area (Å²) in [5.74, 6) is 3.92. The predicted molar refractivity (Wildman–Crippen MR) is 38.9 cm³/mol. The van der Waals surface area contributed by atoms with Gasteiger partial charge >= 0.3 is 0 Å². The summed E-state index contributed by atoms with van der Waals surface area (Å²) < 4.78 is 24.9. The van der Waals surface area contributed by atoms with Crippen molar-refractivity contribution in [1.82, 2.24) is 0 Å². The summed E-state index contributed by atoms with van der Waals surface area (Å²) in [5, 5.41) is 0. The van der Waals surface area contributed by atoms with E-state index in [0.29, 0.717) is 5.56 Å². The normalized spacial score (nSPS) is 8.64. The Labute approximate surface area is 63.9 Å². The largest absolute Gasteiger partial charge is 0.207 e. The summed E-state index contributed by atoms with van der Waals surface area (Å²) in [6.07, 6.45) is 0. The summed E-state index contributed by atoms with van der Waals surface area (Å²) >= 11 is 0. The first kappa shape index (κ1) is 7.74. The summed E-state index contributed by atoms with van der Waals surface area (Å²) in [5.41, 5.74) is 0.366. The molecule has 0 aromatic heterocycles. The quantitative estimate of drug-likeness (QED) is 0.500. The van der Waals surface area contributed by atoms with Crippen LogP contribution < -0.4 is 0 Å². The van der Waals surface area contributed by atoms with Crippen LogP contribution in [0.15, 0.2) is 18.2 Å². The van der Waals surface area contributed by atoms with Crippen LogP contribution in [0.2, 0.25) is 0 Å². The highest BCUT2D eigenvalue weighted by Crippen LogP contribution is 2.05. The third-order valence-electron chi connectivity index (χ3n) is 1.13. The average Bonchev–Trinajstić information content (AvgIpc) is 1.85. The molecule has 0 heterocycles. The Morgan fingerprint density at radius 1 is 1.09 bits per heavy atom. The van der Waals surface area contributed by atoms with E-state index < -0.39 is 11.6 Å². The third kappa shape index (κ3) is 2.05. The van der Waals surface area contributed by atoms with Crippen molar-refractivity contribution < 1.29 is 8.78 Å². The minimum Gasteiger partial charge on any atom is -0.207 e. The Balaban J connectivity index is 3.15. The third-order valence-corrected chi connectivity index (χ3v) is 1.13. The molecule has 0 aliphatic rings. The van der Waals surface area contributed by atoms with Gasteiger partial charge in [0, 0.05) is 11.6 Å². The highest BCUT2D eigenvalue weighted by molar-refractivity contribution is 5.34. The van der Waals surface area contributed by atoms with E-state index >= 15 is 0 Å². The summed E-state index contributed by atoms with van der Waals surface area (Å²) in [6, 6.07) is 3.21. The predicted octanol–water partition coefficient (Wildman–Crippen LogP) is 2.34. The molecule has 0 saturated carbocycles. The van der Waals surface area contributed by atoms with E-state index in [9.17, 15) is 8.78 Å². The molecule has 0 fully saturated rings. The minimum atomic E-state index is -0.595. The van der Waals surface area contributed by atoms with Gasteiger partial charge in [-0.1, -0.05) is 5.92 Å². The zero-order chi connectivity index (χ0) is 8.27. The van der Waals surface area contributed by atoms with Crippen LogP contribution in [0.25, 0.3) is 0 Å². The van der Waals surface area contributed by atoms with Gasteiger partial charge in [-0.25, -0.2) is 8.78 Å². The summed E-state index contributed by atoms with van der Waals surface area (Å²) in [6.45, 7) is 1.61. The number of benzene rings is 1. The van der Waals surface area contributed by atoms with Crippen molar-refractivity contribution in [2.45, 2.75) is 6.92 Å². The van der Waals surface area contributed by atoms with E-state index in [-0.39, 0.29) is 0 Å². The highest BCUT2D eigenvalue weighted by atomic mass is 19.1. The molecule has 0 atom stereocenters. The van der Waals surface area contributed by atoms with Gasteiger partial charge in [0.1, 0.15) is 11.6 Å². The molecule has 0 aliphatic heterocycles. The first-order chi connectivity index (χ1) is 5.22. The van der Waals surface area contributed by atoms with E-state index in [4.69, 9.17) is 0 Å². The van der Waals surface area contributed by atoms with Gasteiger partial charge in [-0.15, -0.1) is 5.92 Å². The van der Waals surface area contributed by atoms with Crippen molar-refractivity contribution in [2.75, 3.05) is 0 Å². The zero-order valence-electron chi connectivity index (χ0n) is 5.99. The second-order valence-corrected chi connectivity index (χ2v) is 2.03. The Kier molecular flexibility index (Phi) is 2.22. The second-order valence-electron chi connectivity index (χ2n) is 2.03. The van der Waals surface area contributed by atoms with Crippen LogP contribution in [-0.4, -0.2) is 0 Å². The maximum atomic E-state index is 12.4. The van der Waals surface area contributed by atoms with Crippen molar-refractivity contribution in [3.63, 3.8) is 0 Å². The topological polar surface area (TPSA) is 0 Å². The lowest BCUT2D eigenvalue weighted by Crippen LogP contribution is -1.82. The van der Waals surface area contributed by atoms with Crippen molar-refractivity contribution >= 4 is 0 Å². The van der Waals surface area contributed by atoms with Crippen LogP contribution in [0.3, 0.4) is 0 Å². The van der Waals surface area contributed by atoms with Gasteiger partial charge in [-0.3, -0.25) is 0 Å². The maximum Gasteiger partial charge on any atom is 0.127 e. The number of halogens is 2. The highest BCUT2D eigenvalue weighted by Gasteiger charge is 1.96. The van der Waals surface area contributed by atoms with Crippen LogP contribution in [0.1, 0.15) is 12.5 Å². The molecule has 0 saturated heterocycles. The fraction of sp³-hybridized carbons (Fsp3) is 0.111. The molecule has 1 rings (SSSR count). The monoisotopic (exact) mass is 152 g/mol. The van der Waals surface area contributed by atoms with Crippen molar-refractivity contribution in [3.05, 3.63) is 35.4 Å². The van der Waals surface area contributed by atoms with Gasteiger partial charge in [-0.2, -0.15) is 0 Å². The Bertz CT molecular complexity index is 298. The minimum absolute atomic E-state index is 0.366. The van der Waals surface area contributed by atoms with E-state index in [1.807, 2.05) is 0 Å². The summed E-state index contributed by atoms with van der Waals surface area (Å²) in [4.78, 5) is 0. The number of rotatable bonds is 0. The standard InChI is InChI=1S/C9H6F2/c1-2-3-7-4-8(10)6-9(11)5-7/h4-6H,1H3. The van der Waals surface area contributed by atoms with Gasteiger partial charge in [0.2, 0.25) is 0 Å². The molecule has 0 amide bonds. The van der Waals surface area contributed by atoms with Gasteiger partial charge in [0.15, 0.2) is 0 Å². The zero-order valence-corrected chi connectivity index (χ0v) is 5.99. The first-order valence-electron chi connectivity index (χ1n) is 3.11. The van der Waals surface area contributed by atoms with E-state index in [0.717, 1.165) is 6.07 Å². The fourth-order valence-corrected chi connectivity index (χ4v) is 0.770. The smallest absolute Gasteiger partial charge is 0.127 e. The summed E-state index contributed by atoms with van der Waals surface area (Å²) in [7, 11) is 0. The Morgan fingerprint density at radius 3 is 2.09 bits per heavy atom. The number of hydrogen-bond donors (Lipinski definition) is 0. The van der Waals surface area contributed by atoms with Crippen molar-refractivity contribution in [1.29, 1.82) is 0 Å². The van der Waals surface area contributed by atoms with E-state index in [2.05, 4.69) is 11.8 Å². The molecular weight excluding hydrogens is 146 g/mol. The molecule has 0 nitrogen and oxygen atoms in total. The van der Waals surface area contributed by atoms with Gasteiger partial charge in [0.25, 0.3) is 0 Å². The molecule has 0 spiro atoms. The van der Waals surface area contributed by atoms with Crippen molar-refractivity contribution in [3.8, 4) is 11.8 Å². The van der Waals surface area contributed by atoms with Gasteiger partial charge in [-0.05, 0) is 19.1 Å². The lowest BCUT2D eigenvalue weighted by atomic mass is 10.2. The molecule has 56 valence electrons. The SMILES string of the molecule is CC#Cc1cc(F)cc(F)c1. The Hall–Kier alpha value is -1.36. The molecular formula is C9H6F2. The van der Waals surface area contributed by atoms with Gasteiger partial charge in [0.05, 0.1) is 0 Å². The van der Waals surface area contributed by atoms with Crippen LogP contribution in [0.5, 0.6) is 0 Å². The molecule has 2 heteroatoms. The van der Waals surface area contributed by atoms with Crippen LogP contribution in [0.4, 0.5) is 8.78 Å². The molecule has 11 heavy (non-hydrogen) atoms.